The quantitative estimate of drug-likeness (QED) is 0.229. The van der Waals surface area contributed by atoms with Gasteiger partial charge < -0.3 is 0 Å². The summed E-state index contributed by atoms with van der Waals surface area (Å²) in [6.07, 6.45) is 6.57. The van der Waals surface area contributed by atoms with E-state index in [1.165, 1.54) is 18.6 Å². The third kappa shape index (κ3) is 5.57. The second-order valence-corrected chi connectivity index (χ2v) is 9.52. The maximum Gasteiger partial charge on any atom is 0.194 e. The molecule has 0 aromatic heterocycles. The van der Waals surface area contributed by atoms with Crippen molar-refractivity contribution in [1.82, 2.24) is 0 Å². The van der Waals surface area contributed by atoms with E-state index in [-0.39, 0.29) is 35.4 Å². The van der Waals surface area contributed by atoms with Gasteiger partial charge in [-0.2, -0.15) is 0 Å². The molecule has 3 aromatic rings. The van der Waals surface area contributed by atoms with Crippen LogP contribution in [0, 0.1) is 40.8 Å². The van der Waals surface area contributed by atoms with Crippen molar-refractivity contribution in [3.05, 3.63) is 94.1 Å². The number of aryl methyl sites for hydroxylation is 2. The van der Waals surface area contributed by atoms with Gasteiger partial charge in [-0.3, -0.25) is 0 Å². The molecule has 1 fully saturated rings. The molecular formula is C29H28F6. The van der Waals surface area contributed by atoms with Crippen molar-refractivity contribution in [3.63, 3.8) is 0 Å². The van der Waals surface area contributed by atoms with Gasteiger partial charge in [0, 0.05) is 5.56 Å². The van der Waals surface area contributed by atoms with E-state index in [0.717, 1.165) is 44.2 Å². The van der Waals surface area contributed by atoms with E-state index in [2.05, 4.69) is 6.92 Å². The van der Waals surface area contributed by atoms with Crippen molar-refractivity contribution in [3.8, 4) is 11.1 Å². The first-order valence-corrected chi connectivity index (χ1v) is 12.2. The molecule has 1 aliphatic rings. The SMILES string of the molecule is CCCC1CCC(c2ccc(CCc3ccc(-c4cc(F)c(F)c(F)c4)c(F)c3)c(F)c2F)CC1. The van der Waals surface area contributed by atoms with Crippen LogP contribution in [-0.4, -0.2) is 0 Å². The van der Waals surface area contributed by atoms with Crippen LogP contribution in [0.3, 0.4) is 0 Å². The Bertz CT molecular complexity index is 1170. The summed E-state index contributed by atoms with van der Waals surface area (Å²) < 4.78 is 84.6. The van der Waals surface area contributed by atoms with Gasteiger partial charge in [-0.05, 0) is 90.8 Å². The van der Waals surface area contributed by atoms with Gasteiger partial charge >= 0.3 is 0 Å². The molecule has 0 radical (unpaired) electrons. The average Bonchev–Trinajstić information content (AvgIpc) is 2.84. The summed E-state index contributed by atoms with van der Waals surface area (Å²) in [6, 6.07) is 8.83. The summed E-state index contributed by atoms with van der Waals surface area (Å²) in [5, 5.41) is 0. The molecule has 0 nitrogen and oxygen atoms in total. The number of hydrogen-bond acceptors (Lipinski definition) is 0. The minimum absolute atomic E-state index is 0.0365. The van der Waals surface area contributed by atoms with E-state index in [1.54, 1.807) is 18.2 Å². The number of rotatable bonds is 7. The highest BCUT2D eigenvalue weighted by molar-refractivity contribution is 5.64. The summed E-state index contributed by atoms with van der Waals surface area (Å²) in [5.41, 5.74) is 0.973. The Morgan fingerprint density at radius 1 is 0.686 bits per heavy atom. The zero-order chi connectivity index (χ0) is 25.1. The minimum Gasteiger partial charge on any atom is -0.206 e. The first-order valence-electron chi connectivity index (χ1n) is 12.2. The lowest BCUT2D eigenvalue weighted by atomic mass is 9.77. The van der Waals surface area contributed by atoms with Crippen molar-refractivity contribution < 1.29 is 26.3 Å². The molecule has 6 heteroatoms. The highest BCUT2D eigenvalue weighted by Gasteiger charge is 2.26. The average molecular weight is 491 g/mol. The third-order valence-corrected chi connectivity index (χ3v) is 7.19. The lowest BCUT2D eigenvalue weighted by Gasteiger charge is -2.29. The third-order valence-electron chi connectivity index (χ3n) is 7.19. The van der Waals surface area contributed by atoms with E-state index in [4.69, 9.17) is 0 Å². The van der Waals surface area contributed by atoms with E-state index >= 15 is 0 Å². The van der Waals surface area contributed by atoms with Crippen molar-refractivity contribution in [2.75, 3.05) is 0 Å². The largest absolute Gasteiger partial charge is 0.206 e. The summed E-state index contributed by atoms with van der Waals surface area (Å²) >= 11 is 0. The van der Waals surface area contributed by atoms with Gasteiger partial charge in [0.1, 0.15) is 5.82 Å². The normalized spacial score (nSPS) is 18.1. The van der Waals surface area contributed by atoms with Crippen molar-refractivity contribution in [2.24, 2.45) is 5.92 Å². The fraction of sp³-hybridized carbons (Fsp3) is 0.379. The van der Waals surface area contributed by atoms with E-state index in [0.29, 0.717) is 17.0 Å². The molecule has 3 aromatic carbocycles. The molecule has 0 heterocycles. The molecule has 1 aliphatic carbocycles. The number of halogens is 6. The number of benzene rings is 3. The molecule has 0 spiro atoms. The van der Waals surface area contributed by atoms with Crippen LogP contribution >= 0.6 is 0 Å². The second-order valence-electron chi connectivity index (χ2n) is 9.52. The predicted molar refractivity (Wildman–Crippen MR) is 125 cm³/mol. The Labute approximate surface area is 202 Å². The molecule has 0 bridgehead atoms. The summed E-state index contributed by atoms with van der Waals surface area (Å²) in [7, 11) is 0. The van der Waals surface area contributed by atoms with Crippen LogP contribution in [0.15, 0.2) is 42.5 Å². The van der Waals surface area contributed by atoms with Crippen LogP contribution < -0.4 is 0 Å². The smallest absolute Gasteiger partial charge is 0.194 e. The van der Waals surface area contributed by atoms with Crippen LogP contribution in [0.25, 0.3) is 11.1 Å². The van der Waals surface area contributed by atoms with E-state index in [1.807, 2.05) is 0 Å². The second kappa shape index (κ2) is 10.9. The van der Waals surface area contributed by atoms with Crippen LogP contribution in [0.5, 0.6) is 0 Å². The maximum atomic E-state index is 14.9. The Kier molecular flexibility index (Phi) is 7.88. The lowest BCUT2D eigenvalue weighted by molar-refractivity contribution is 0.302. The van der Waals surface area contributed by atoms with Gasteiger partial charge in [0.2, 0.25) is 0 Å². The molecule has 4 rings (SSSR count). The van der Waals surface area contributed by atoms with Gasteiger partial charge in [0.05, 0.1) is 0 Å². The molecule has 0 aliphatic heterocycles. The molecule has 0 unspecified atom stereocenters. The summed E-state index contributed by atoms with van der Waals surface area (Å²) in [6.45, 7) is 2.16. The predicted octanol–water partition coefficient (Wildman–Crippen LogP) is 9.05. The Balaban J connectivity index is 1.44. The Morgan fingerprint density at radius 2 is 1.37 bits per heavy atom. The summed E-state index contributed by atoms with van der Waals surface area (Å²) in [4.78, 5) is 0. The number of hydrogen-bond donors (Lipinski definition) is 0. The zero-order valence-corrected chi connectivity index (χ0v) is 19.6. The first kappa shape index (κ1) is 25.3. The molecule has 0 atom stereocenters. The monoisotopic (exact) mass is 490 g/mol. The fourth-order valence-corrected chi connectivity index (χ4v) is 5.22. The van der Waals surface area contributed by atoms with Crippen LogP contribution in [0.4, 0.5) is 26.3 Å². The maximum absolute atomic E-state index is 14.9. The topological polar surface area (TPSA) is 0 Å². The van der Waals surface area contributed by atoms with Gasteiger partial charge in [-0.25, -0.2) is 26.3 Å². The van der Waals surface area contributed by atoms with Gasteiger partial charge in [-0.1, -0.05) is 44.0 Å². The van der Waals surface area contributed by atoms with E-state index < -0.39 is 34.9 Å². The summed E-state index contributed by atoms with van der Waals surface area (Å²) in [5.74, 6) is -6.10. The van der Waals surface area contributed by atoms with Crippen LogP contribution in [0.2, 0.25) is 0 Å². The molecule has 0 saturated heterocycles. The molecule has 186 valence electrons. The van der Waals surface area contributed by atoms with Gasteiger partial charge in [0.25, 0.3) is 0 Å². The molecule has 0 amide bonds. The Morgan fingerprint density at radius 3 is 2.00 bits per heavy atom. The Hall–Kier alpha value is -2.76. The highest BCUT2D eigenvalue weighted by atomic mass is 19.2. The van der Waals surface area contributed by atoms with Gasteiger partial charge in [0.15, 0.2) is 29.1 Å². The lowest BCUT2D eigenvalue weighted by Crippen LogP contribution is -2.15. The molecular weight excluding hydrogens is 462 g/mol. The van der Waals surface area contributed by atoms with Crippen molar-refractivity contribution >= 4 is 0 Å². The molecule has 1 saturated carbocycles. The van der Waals surface area contributed by atoms with Crippen molar-refractivity contribution in [1.29, 1.82) is 0 Å². The fourth-order valence-electron chi connectivity index (χ4n) is 5.22. The van der Waals surface area contributed by atoms with Crippen LogP contribution in [-0.2, 0) is 12.8 Å². The van der Waals surface area contributed by atoms with E-state index in [9.17, 15) is 26.3 Å². The van der Waals surface area contributed by atoms with Gasteiger partial charge in [-0.15, -0.1) is 0 Å². The zero-order valence-electron chi connectivity index (χ0n) is 19.6. The first-order chi connectivity index (χ1) is 16.8. The van der Waals surface area contributed by atoms with Crippen LogP contribution in [0.1, 0.15) is 68.1 Å². The molecule has 0 N–H and O–H groups in total. The highest BCUT2D eigenvalue weighted by Crippen LogP contribution is 2.39. The molecule has 35 heavy (non-hydrogen) atoms. The minimum atomic E-state index is -1.62. The standard InChI is InChI=1S/C29H28F6/c1-2-3-17-4-8-19(9-5-17)23-13-11-20(27(33)28(23)34)10-6-18-7-12-22(24(30)14-18)21-15-25(31)29(35)26(32)16-21/h7,11-17,19H,2-6,8-10H2,1H3. The van der Waals surface area contributed by atoms with Crippen molar-refractivity contribution in [2.45, 2.75) is 64.2 Å².